The molecule has 1 amide bonds. The van der Waals surface area contributed by atoms with Crippen LogP contribution in [0.5, 0.6) is 0 Å². The average Bonchev–Trinajstić information content (AvgIpc) is 3.19. The quantitative estimate of drug-likeness (QED) is 0.894. The molecule has 1 fully saturated rings. The summed E-state index contributed by atoms with van der Waals surface area (Å²) in [4.78, 5) is 14.4. The topological polar surface area (TPSA) is 98.3 Å². The number of aromatic nitrogens is 2. The van der Waals surface area contributed by atoms with Crippen molar-refractivity contribution in [2.75, 3.05) is 6.54 Å². The second-order valence-electron chi connectivity index (χ2n) is 5.22. The van der Waals surface area contributed by atoms with Gasteiger partial charge < -0.3 is 4.90 Å². The Morgan fingerprint density at radius 3 is 2.95 bits per heavy atom. The van der Waals surface area contributed by atoms with Gasteiger partial charge in [-0.05, 0) is 25.0 Å². The first-order valence-corrected chi connectivity index (χ1v) is 9.27. The molecule has 0 unspecified atom stereocenters. The van der Waals surface area contributed by atoms with E-state index in [-0.39, 0.29) is 16.2 Å². The molecule has 3 rings (SSSR count). The Morgan fingerprint density at radius 2 is 2.32 bits per heavy atom. The molecule has 2 N–H and O–H groups in total. The zero-order valence-corrected chi connectivity index (χ0v) is 13.4. The molecular weight excluding hydrogens is 324 g/mol. The van der Waals surface area contributed by atoms with E-state index in [2.05, 4.69) is 5.10 Å². The van der Waals surface area contributed by atoms with Crippen molar-refractivity contribution in [3.8, 4) is 0 Å². The van der Waals surface area contributed by atoms with Crippen molar-refractivity contribution in [2.24, 2.45) is 5.14 Å². The number of carbonyl (C=O) groups is 1. The minimum Gasteiger partial charge on any atom is -0.334 e. The number of hydrogen-bond donors (Lipinski definition) is 1. The molecule has 0 spiro atoms. The summed E-state index contributed by atoms with van der Waals surface area (Å²) in [6.45, 7) is 1.32. The van der Waals surface area contributed by atoms with Crippen LogP contribution in [-0.2, 0) is 16.6 Å². The highest BCUT2D eigenvalue weighted by Crippen LogP contribution is 2.25. The Hall–Kier alpha value is -1.71. The molecule has 1 atom stereocenters. The van der Waals surface area contributed by atoms with Crippen molar-refractivity contribution in [3.05, 3.63) is 35.5 Å². The highest BCUT2D eigenvalue weighted by atomic mass is 32.2. The lowest BCUT2D eigenvalue weighted by Gasteiger charge is -2.24. The van der Waals surface area contributed by atoms with Crippen molar-refractivity contribution >= 4 is 27.3 Å². The van der Waals surface area contributed by atoms with Gasteiger partial charge in [-0.2, -0.15) is 5.10 Å². The largest absolute Gasteiger partial charge is 0.334 e. The second kappa shape index (κ2) is 5.82. The molecule has 2 aromatic rings. The predicted molar refractivity (Wildman–Crippen MR) is 82.0 cm³/mol. The van der Waals surface area contributed by atoms with Crippen LogP contribution in [0.4, 0.5) is 0 Å². The van der Waals surface area contributed by atoms with Gasteiger partial charge >= 0.3 is 0 Å². The normalized spacial score (nSPS) is 18.8. The van der Waals surface area contributed by atoms with Crippen LogP contribution in [0, 0.1) is 0 Å². The third-order valence-corrected chi connectivity index (χ3v) is 6.08. The maximum Gasteiger partial charge on any atom is 0.255 e. The van der Waals surface area contributed by atoms with Crippen LogP contribution < -0.4 is 5.14 Å². The van der Waals surface area contributed by atoms with E-state index in [4.69, 9.17) is 5.14 Å². The Bertz CT molecular complexity index is 767. The lowest BCUT2D eigenvalue weighted by Crippen LogP contribution is -2.38. The lowest BCUT2D eigenvalue weighted by molar-refractivity contribution is 0.0722. The van der Waals surface area contributed by atoms with Crippen LogP contribution >= 0.6 is 11.3 Å². The van der Waals surface area contributed by atoms with Gasteiger partial charge in [-0.1, -0.05) is 0 Å². The maximum absolute atomic E-state index is 12.6. The number of carbonyl (C=O) groups excluding carboxylic acids is 1. The molecule has 0 aromatic carbocycles. The summed E-state index contributed by atoms with van der Waals surface area (Å²) in [5.74, 6) is -0.152. The molecule has 3 heterocycles. The third-order valence-electron chi connectivity index (χ3n) is 3.70. The molecule has 1 saturated heterocycles. The predicted octanol–water partition coefficient (Wildman–Crippen LogP) is 0.897. The average molecular weight is 340 g/mol. The number of nitrogens with zero attached hydrogens (tertiary/aromatic N) is 3. The Morgan fingerprint density at radius 1 is 1.50 bits per heavy atom. The Kier molecular flexibility index (Phi) is 4.02. The first kappa shape index (κ1) is 15.2. The summed E-state index contributed by atoms with van der Waals surface area (Å²) < 4.78 is 24.5. The van der Waals surface area contributed by atoms with Gasteiger partial charge in [0.1, 0.15) is 4.21 Å². The fraction of sp³-hybridized carbons (Fsp3) is 0.385. The monoisotopic (exact) mass is 340 g/mol. The number of rotatable bonds is 4. The van der Waals surface area contributed by atoms with Gasteiger partial charge in [0.2, 0.25) is 10.0 Å². The molecule has 0 aliphatic carbocycles. The number of sulfonamides is 1. The summed E-state index contributed by atoms with van der Waals surface area (Å²) in [6, 6.07) is 3.27. The summed E-state index contributed by atoms with van der Waals surface area (Å²) in [5, 5.41) is 10.8. The second-order valence-corrected chi connectivity index (χ2v) is 7.92. The van der Waals surface area contributed by atoms with Gasteiger partial charge in [-0.3, -0.25) is 9.48 Å². The Balaban J connectivity index is 1.77. The minimum atomic E-state index is -3.76. The summed E-state index contributed by atoms with van der Waals surface area (Å²) in [7, 11) is -3.76. The van der Waals surface area contributed by atoms with Crippen LogP contribution in [0.1, 0.15) is 23.2 Å². The number of likely N-dealkylation sites (tertiary alicyclic amines) is 1. The molecule has 9 heteroatoms. The summed E-state index contributed by atoms with van der Waals surface area (Å²) in [5.41, 5.74) is 0.376. The van der Waals surface area contributed by atoms with E-state index in [9.17, 15) is 13.2 Å². The molecule has 22 heavy (non-hydrogen) atoms. The molecule has 1 aliphatic rings. The number of thiophene rings is 1. The fourth-order valence-corrected chi connectivity index (χ4v) is 4.24. The van der Waals surface area contributed by atoms with Crippen molar-refractivity contribution < 1.29 is 13.2 Å². The van der Waals surface area contributed by atoms with E-state index in [0.717, 1.165) is 24.2 Å². The van der Waals surface area contributed by atoms with Gasteiger partial charge in [-0.15, -0.1) is 11.3 Å². The van der Waals surface area contributed by atoms with Crippen LogP contribution in [0.3, 0.4) is 0 Å². The van der Waals surface area contributed by atoms with E-state index < -0.39 is 10.0 Å². The molecular formula is C13H16N4O3S2. The van der Waals surface area contributed by atoms with E-state index in [0.29, 0.717) is 18.7 Å². The van der Waals surface area contributed by atoms with Gasteiger partial charge in [0.25, 0.3) is 5.91 Å². The zero-order chi connectivity index (χ0) is 15.7. The fourth-order valence-electron chi connectivity index (χ4n) is 2.66. The number of nitrogens with two attached hydrogens (primary N) is 1. The van der Waals surface area contributed by atoms with Gasteiger partial charge in [0.15, 0.2) is 0 Å². The number of hydrogen-bond acceptors (Lipinski definition) is 5. The highest BCUT2D eigenvalue weighted by Gasteiger charge is 2.30. The zero-order valence-electron chi connectivity index (χ0n) is 11.8. The van der Waals surface area contributed by atoms with Crippen molar-refractivity contribution in [1.82, 2.24) is 14.7 Å². The first-order valence-electron chi connectivity index (χ1n) is 6.85. The van der Waals surface area contributed by atoms with Crippen molar-refractivity contribution in [1.29, 1.82) is 0 Å². The van der Waals surface area contributed by atoms with E-state index in [1.165, 1.54) is 6.07 Å². The van der Waals surface area contributed by atoms with Crippen LogP contribution in [0.25, 0.3) is 0 Å². The smallest absolute Gasteiger partial charge is 0.255 e. The molecule has 2 aromatic heterocycles. The van der Waals surface area contributed by atoms with Crippen molar-refractivity contribution in [3.63, 3.8) is 0 Å². The molecule has 0 radical (unpaired) electrons. The number of primary sulfonamides is 1. The maximum atomic E-state index is 12.6. The molecule has 1 aliphatic heterocycles. The van der Waals surface area contributed by atoms with Crippen molar-refractivity contribution in [2.45, 2.75) is 29.6 Å². The minimum absolute atomic E-state index is 0.0127. The molecule has 118 valence electrons. The molecule has 7 nitrogen and oxygen atoms in total. The van der Waals surface area contributed by atoms with E-state index in [1.807, 2.05) is 12.3 Å². The van der Waals surface area contributed by atoms with Crippen LogP contribution in [0.15, 0.2) is 34.1 Å². The van der Waals surface area contributed by atoms with Gasteiger partial charge in [-0.25, -0.2) is 13.6 Å². The highest BCUT2D eigenvalue weighted by molar-refractivity contribution is 7.91. The molecule has 0 saturated carbocycles. The molecule has 0 bridgehead atoms. The SMILES string of the molecule is NS(=O)(=O)c1cc(C(=O)N2CCC[C@H]2Cn2cccn2)cs1. The van der Waals surface area contributed by atoms with Gasteiger partial charge in [0.05, 0.1) is 18.2 Å². The summed E-state index contributed by atoms with van der Waals surface area (Å²) >= 11 is 0.972. The standard InChI is InChI=1S/C13H16N4O3S2/c14-22(19,20)12-7-10(9-21-12)13(18)17-6-1-3-11(17)8-16-5-2-4-15-16/h2,4-5,7,9,11H,1,3,6,8H2,(H2,14,19,20)/t11-/m0/s1. The Labute approximate surface area is 132 Å². The summed E-state index contributed by atoms with van der Waals surface area (Å²) in [6.07, 6.45) is 5.42. The first-order chi connectivity index (χ1) is 10.4. The van der Waals surface area contributed by atoms with Gasteiger partial charge in [0, 0.05) is 24.3 Å². The van der Waals surface area contributed by atoms with E-state index in [1.54, 1.807) is 21.2 Å². The lowest BCUT2D eigenvalue weighted by atomic mass is 10.2. The number of amides is 1. The van der Waals surface area contributed by atoms with E-state index >= 15 is 0 Å². The van der Waals surface area contributed by atoms with Crippen LogP contribution in [-0.4, -0.2) is 41.6 Å². The van der Waals surface area contributed by atoms with Crippen LogP contribution in [0.2, 0.25) is 0 Å². The third kappa shape index (κ3) is 3.06.